The number of carbonyl (C=O) groups excluding carboxylic acids is 1. The number of amides is 1. The molecule has 4 nitrogen and oxygen atoms in total. The Bertz CT molecular complexity index is 973. The zero-order valence-corrected chi connectivity index (χ0v) is 16.8. The zero-order valence-electron chi connectivity index (χ0n) is 16.0. The highest BCUT2D eigenvalue weighted by molar-refractivity contribution is 6.30. The SMILES string of the molecule is CC(C)(CNC(=O)C1(c2ccc(Cl)cc2)CC1)c1coc(-c2ccccc2)n1. The van der Waals surface area contributed by atoms with Crippen LogP contribution in [0, 0.1) is 0 Å². The Balaban J connectivity index is 1.45. The Kier molecular flexibility index (Phi) is 4.76. The maximum atomic E-state index is 12.9. The van der Waals surface area contributed by atoms with Crippen LogP contribution in [0.3, 0.4) is 0 Å². The van der Waals surface area contributed by atoms with E-state index in [1.165, 1.54) is 0 Å². The van der Waals surface area contributed by atoms with Gasteiger partial charge in [0.05, 0.1) is 11.1 Å². The third kappa shape index (κ3) is 3.57. The molecule has 28 heavy (non-hydrogen) atoms. The lowest BCUT2D eigenvalue weighted by atomic mass is 9.89. The van der Waals surface area contributed by atoms with Crippen molar-refractivity contribution in [2.24, 2.45) is 0 Å². The van der Waals surface area contributed by atoms with E-state index in [-0.39, 0.29) is 11.3 Å². The second-order valence-corrected chi connectivity index (χ2v) is 8.50. The summed E-state index contributed by atoms with van der Waals surface area (Å²) in [6.07, 6.45) is 3.41. The van der Waals surface area contributed by atoms with Gasteiger partial charge in [-0.2, -0.15) is 0 Å². The van der Waals surface area contributed by atoms with E-state index in [4.69, 9.17) is 16.0 Å². The summed E-state index contributed by atoms with van der Waals surface area (Å²) >= 11 is 5.98. The Labute approximate surface area is 169 Å². The van der Waals surface area contributed by atoms with Crippen LogP contribution in [0.2, 0.25) is 5.02 Å². The molecular weight excluding hydrogens is 372 g/mol. The molecule has 1 fully saturated rings. The van der Waals surface area contributed by atoms with Gasteiger partial charge in [-0.15, -0.1) is 0 Å². The molecule has 3 aromatic rings. The molecule has 0 saturated heterocycles. The number of aromatic nitrogens is 1. The summed E-state index contributed by atoms with van der Waals surface area (Å²) in [5.74, 6) is 0.657. The number of nitrogens with one attached hydrogen (secondary N) is 1. The summed E-state index contributed by atoms with van der Waals surface area (Å²) < 4.78 is 5.67. The fourth-order valence-electron chi connectivity index (χ4n) is 3.40. The van der Waals surface area contributed by atoms with Gasteiger partial charge in [-0.3, -0.25) is 4.79 Å². The molecule has 1 amide bonds. The van der Waals surface area contributed by atoms with Gasteiger partial charge in [-0.05, 0) is 42.7 Å². The smallest absolute Gasteiger partial charge is 0.230 e. The molecule has 0 atom stereocenters. The summed E-state index contributed by atoms with van der Waals surface area (Å²) in [7, 11) is 0. The summed E-state index contributed by atoms with van der Waals surface area (Å²) in [5.41, 5.74) is 2.03. The van der Waals surface area contributed by atoms with Gasteiger partial charge in [0.15, 0.2) is 0 Å². The third-order valence-corrected chi connectivity index (χ3v) is 5.74. The molecule has 1 saturated carbocycles. The lowest BCUT2D eigenvalue weighted by molar-refractivity contribution is -0.123. The number of oxazole rings is 1. The molecule has 5 heteroatoms. The van der Waals surface area contributed by atoms with Crippen molar-refractivity contribution in [2.75, 3.05) is 6.54 Å². The van der Waals surface area contributed by atoms with Crippen LogP contribution in [-0.2, 0) is 15.6 Å². The van der Waals surface area contributed by atoms with E-state index in [9.17, 15) is 4.79 Å². The van der Waals surface area contributed by atoms with Gasteiger partial charge in [0.1, 0.15) is 6.26 Å². The van der Waals surface area contributed by atoms with E-state index in [1.54, 1.807) is 6.26 Å². The first-order valence-corrected chi connectivity index (χ1v) is 9.84. The normalized spacial score (nSPS) is 15.2. The van der Waals surface area contributed by atoms with Crippen LogP contribution >= 0.6 is 11.6 Å². The molecule has 1 aliphatic carbocycles. The number of hydrogen-bond donors (Lipinski definition) is 1. The van der Waals surface area contributed by atoms with Gasteiger partial charge in [0, 0.05) is 22.5 Å². The molecule has 0 unspecified atom stereocenters. The fraction of sp³-hybridized carbons (Fsp3) is 0.304. The first-order valence-electron chi connectivity index (χ1n) is 9.47. The number of halogens is 1. The minimum atomic E-state index is -0.417. The topological polar surface area (TPSA) is 55.1 Å². The van der Waals surface area contributed by atoms with E-state index in [2.05, 4.69) is 24.1 Å². The molecule has 1 aromatic heterocycles. The second-order valence-electron chi connectivity index (χ2n) is 8.06. The summed E-state index contributed by atoms with van der Waals surface area (Å²) in [6.45, 7) is 4.60. The molecular formula is C23H23ClN2O2. The average molecular weight is 395 g/mol. The highest BCUT2D eigenvalue weighted by Gasteiger charge is 2.51. The van der Waals surface area contributed by atoms with Gasteiger partial charge in [-0.25, -0.2) is 4.98 Å². The quantitative estimate of drug-likeness (QED) is 0.631. The van der Waals surface area contributed by atoms with E-state index >= 15 is 0 Å². The molecule has 4 rings (SSSR count). The lowest BCUT2D eigenvalue weighted by Crippen LogP contribution is -2.42. The van der Waals surface area contributed by atoms with Crippen molar-refractivity contribution < 1.29 is 9.21 Å². The highest BCUT2D eigenvalue weighted by atomic mass is 35.5. The molecule has 2 aromatic carbocycles. The third-order valence-electron chi connectivity index (χ3n) is 5.49. The first kappa shape index (κ1) is 18.8. The van der Waals surface area contributed by atoms with Gasteiger partial charge >= 0.3 is 0 Å². The van der Waals surface area contributed by atoms with Crippen LogP contribution in [0.1, 0.15) is 37.9 Å². The Hall–Kier alpha value is -2.59. The summed E-state index contributed by atoms with van der Waals surface area (Å²) in [5, 5.41) is 3.81. The van der Waals surface area contributed by atoms with E-state index in [0.29, 0.717) is 17.5 Å². The van der Waals surface area contributed by atoms with Crippen molar-refractivity contribution in [3.8, 4) is 11.5 Å². The summed E-state index contributed by atoms with van der Waals surface area (Å²) in [6, 6.07) is 17.4. The average Bonchev–Trinajstić information content (AvgIpc) is 3.35. The van der Waals surface area contributed by atoms with Crippen LogP contribution in [-0.4, -0.2) is 17.4 Å². The van der Waals surface area contributed by atoms with Gasteiger partial charge in [0.25, 0.3) is 0 Å². The molecule has 1 heterocycles. The Morgan fingerprint density at radius 3 is 2.46 bits per heavy atom. The van der Waals surface area contributed by atoms with Crippen molar-refractivity contribution in [2.45, 2.75) is 37.5 Å². The van der Waals surface area contributed by atoms with E-state index in [0.717, 1.165) is 29.7 Å². The van der Waals surface area contributed by atoms with Crippen molar-refractivity contribution >= 4 is 17.5 Å². The van der Waals surface area contributed by atoms with Crippen LogP contribution in [0.4, 0.5) is 0 Å². The number of hydrogen-bond acceptors (Lipinski definition) is 3. The molecule has 1 aliphatic rings. The highest BCUT2D eigenvalue weighted by Crippen LogP contribution is 2.48. The number of nitrogens with zero attached hydrogens (tertiary/aromatic N) is 1. The predicted octanol–water partition coefficient (Wildman–Crippen LogP) is 5.12. The van der Waals surface area contributed by atoms with E-state index < -0.39 is 5.41 Å². The molecule has 0 radical (unpaired) electrons. The molecule has 0 spiro atoms. The molecule has 144 valence electrons. The van der Waals surface area contributed by atoms with Crippen LogP contribution in [0.25, 0.3) is 11.5 Å². The molecule has 1 N–H and O–H groups in total. The first-order chi connectivity index (χ1) is 13.4. The van der Waals surface area contributed by atoms with Gasteiger partial charge in [0.2, 0.25) is 11.8 Å². The van der Waals surface area contributed by atoms with Crippen molar-refractivity contribution in [3.05, 3.63) is 77.1 Å². The number of rotatable bonds is 6. The van der Waals surface area contributed by atoms with Crippen molar-refractivity contribution in [3.63, 3.8) is 0 Å². The maximum Gasteiger partial charge on any atom is 0.230 e. The van der Waals surface area contributed by atoms with Crippen LogP contribution in [0.5, 0.6) is 0 Å². The van der Waals surface area contributed by atoms with E-state index in [1.807, 2.05) is 54.6 Å². The maximum absolute atomic E-state index is 12.9. The largest absolute Gasteiger partial charge is 0.444 e. The van der Waals surface area contributed by atoms with Crippen molar-refractivity contribution in [1.29, 1.82) is 0 Å². The Morgan fingerprint density at radius 2 is 1.82 bits per heavy atom. The zero-order chi connectivity index (χ0) is 19.8. The van der Waals surface area contributed by atoms with Gasteiger partial charge < -0.3 is 9.73 Å². The van der Waals surface area contributed by atoms with Crippen molar-refractivity contribution in [1.82, 2.24) is 10.3 Å². The standard InChI is InChI=1S/C23H23ClN2O2/c1-22(2,19-14-28-20(26-19)16-6-4-3-5-7-16)15-25-21(27)23(12-13-23)17-8-10-18(24)11-9-17/h3-11,14H,12-13,15H2,1-2H3,(H,25,27). The van der Waals surface area contributed by atoms with Crippen LogP contribution in [0.15, 0.2) is 65.3 Å². The molecule has 0 bridgehead atoms. The number of carbonyl (C=O) groups is 1. The fourth-order valence-corrected chi connectivity index (χ4v) is 3.53. The van der Waals surface area contributed by atoms with Crippen LogP contribution < -0.4 is 5.32 Å². The number of benzene rings is 2. The molecule has 0 aliphatic heterocycles. The lowest BCUT2D eigenvalue weighted by Gasteiger charge is -2.24. The second kappa shape index (κ2) is 7.10. The monoisotopic (exact) mass is 394 g/mol. The van der Waals surface area contributed by atoms with Gasteiger partial charge in [-0.1, -0.05) is 55.8 Å². The Morgan fingerprint density at radius 1 is 1.14 bits per heavy atom. The minimum Gasteiger partial charge on any atom is -0.444 e. The minimum absolute atomic E-state index is 0.0645. The summed E-state index contributed by atoms with van der Waals surface area (Å²) in [4.78, 5) is 17.6. The predicted molar refractivity (Wildman–Crippen MR) is 110 cm³/mol.